The zero-order chi connectivity index (χ0) is 24.1. The number of hydrogen-bond donors (Lipinski definition) is 1. The molecule has 0 saturated carbocycles. The van der Waals surface area contributed by atoms with Gasteiger partial charge in [0.15, 0.2) is 11.5 Å². The minimum atomic E-state index is -1.29. The summed E-state index contributed by atoms with van der Waals surface area (Å²) in [5.74, 6) is -5.30. The van der Waals surface area contributed by atoms with Crippen LogP contribution >= 0.6 is 0 Å². The van der Waals surface area contributed by atoms with Crippen molar-refractivity contribution in [2.24, 2.45) is 5.92 Å². The zero-order valence-electron chi connectivity index (χ0n) is 18.4. The van der Waals surface area contributed by atoms with Gasteiger partial charge < -0.3 is 19.5 Å². The van der Waals surface area contributed by atoms with Crippen LogP contribution in [-0.4, -0.2) is 38.7 Å². The minimum absolute atomic E-state index is 0.183. The van der Waals surface area contributed by atoms with E-state index >= 15 is 0 Å². The van der Waals surface area contributed by atoms with Crippen molar-refractivity contribution in [3.63, 3.8) is 0 Å². The Kier molecular flexibility index (Phi) is 7.63. The van der Waals surface area contributed by atoms with Gasteiger partial charge in [0.05, 0.1) is 26.7 Å². The molecule has 0 unspecified atom stereocenters. The molecular formula is C24H24F3NO5. The fraction of sp³-hybridized carbons (Fsp3) is 0.333. The second-order valence-corrected chi connectivity index (χ2v) is 7.45. The van der Waals surface area contributed by atoms with E-state index in [0.717, 1.165) is 0 Å². The summed E-state index contributed by atoms with van der Waals surface area (Å²) < 4.78 is 56.9. The van der Waals surface area contributed by atoms with Crippen molar-refractivity contribution in [2.45, 2.75) is 25.3 Å². The van der Waals surface area contributed by atoms with Crippen LogP contribution in [0.5, 0.6) is 11.5 Å². The standard InChI is InChI=1S/C24H24F3NO5/c1-4-33-24(30)21(14-6-8-19(31-2)20(10-14)32-3)13-5-7-16(9-13)28-23(29)22-17(26)11-15(25)12-18(22)27/h5-8,10-13,16,21H,4,9H2,1-3H3,(H,28,29)/t13-,16+,21+/m1/s1. The van der Waals surface area contributed by atoms with Gasteiger partial charge in [0, 0.05) is 18.2 Å². The lowest BCUT2D eigenvalue weighted by Crippen LogP contribution is -2.35. The first-order valence-corrected chi connectivity index (χ1v) is 10.3. The molecule has 9 heteroatoms. The summed E-state index contributed by atoms with van der Waals surface area (Å²) in [6.45, 7) is 1.88. The molecule has 3 rings (SSSR count). The van der Waals surface area contributed by atoms with Crippen LogP contribution in [0.25, 0.3) is 0 Å². The monoisotopic (exact) mass is 463 g/mol. The Morgan fingerprint density at radius 3 is 2.30 bits per heavy atom. The third-order valence-corrected chi connectivity index (χ3v) is 5.40. The highest BCUT2D eigenvalue weighted by Gasteiger charge is 2.35. The Labute approximate surface area is 189 Å². The number of nitrogens with one attached hydrogen (secondary N) is 1. The quantitative estimate of drug-likeness (QED) is 0.471. The van der Waals surface area contributed by atoms with Crippen LogP contribution in [0.4, 0.5) is 13.2 Å². The molecule has 1 aliphatic rings. The maximum absolute atomic E-state index is 13.9. The molecule has 0 aromatic heterocycles. The molecular weight excluding hydrogens is 439 g/mol. The van der Waals surface area contributed by atoms with Gasteiger partial charge in [-0.25, -0.2) is 13.2 Å². The molecule has 0 saturated heterocycles. The van der Waals surface area contributed by atoms with Gasteiger partial charge in [-0.15, -0.1) is 0 Å². The van der Waals surface area contributed by atoms with E-state index in [1.54, 1.807) is 37.3 Å². The predicted octanol–water partition coefficient (Wildman–Crippen LogP) is 4.14. The van der Waals surface area contributed by atoms with Crippen molar-refractivity contribution in [1.82, 2.24) is 5.32 Å². The van der Waals surface area contributed by atoms with Crippen LogP contribution in [0, 0.1) is 23.4 Å². The average molecular weight is 463 g/mol. The van der Waals surface area contributed by atoms with Crippen LogP contribution in [0.3, 0.4) is 0 Å². The third-order valence-electron chi connectivity index (χ3n) is 5.40. The molecule has 1 aliphatic carbocycles. The molecule has 176 valence electrons. The first kappa shape index (κ1) is 24.2. The van der Waals surface area contributed by atoms with Gasteiger partial charge in [-0.2, -0.15) is 0 Å². The lowest BCUT2D eigenvalue weighted by atomic mass is 9.85. The van der Waals surface area contributed by atoms with E-state index < -0.39 is 46.9 Å². The van der Waals surface area contributed by atoms with Crippen LogP contribution < -0.4 is 14.8 Å². The fourth-order valence-corrected chi connectivity index (χ4v) is 3.92. The number of ether oxygens (including phenoxy) is 3. The SMILES string of the molecule is CCOC(=O)[C@H](c1ccc(OC)c(OC)c1)[C@@H]1C=C[C@H](NC(=O)c2c(F)cc(F)cc2F)C1. The Hall–Kier alpha value is -3.49. The molecule has 1 amide bonds. The van der Waals surface area contributed by atoms with Crippen molar-refractivity contribution < 1.29 is 37.0 Å². The molecule has 0 bridgehead atoms. The average Bonchev–Trinajstić information content (AvgIpc) is 3.20. The topological polar surface area (TPSA) is 73.9 Å². The molecule has 0 fully saturated rings. The van der Waals surface area contributed by atoms with Crippen molar-refractivity contribution >= 4 is 11.9 Å². The van der Waals surface area contributed by atoms with E-state index in [-0.39, 0.29) is 18.9 Å². The van der Waals surface area contributed by atoms with Crippen LogP contribution in [0.2, 0.25) is 0 Å². The van der Waals surface area contributed by atoms with E-state index in [0.29, 0.717) is 29.2 Å². The van der Waals surface area contributed by atoms with Crippen molar-refractivity contribution in [3.8, 4) is 11.5 Å². The highest BCUT2D eigenvalue weighted by molar-refractivity contribution is 5.95. The molecule has 0 heterocycles. The van der Waals surface area contributed by atoms with Crippen molar-refractivity contribution in [1.29, 1.82) is 0 Å². The van der Waals surface area contributed by atoms with Gasteiger partial charge in [0.2, 0.25) is 0 Å². The van der Waals surface area contributed by atoms with Crippen molar-refractivity contribution in [3.05, 3.63) is 71.1 Å². The number of benzene rings is 2. The first-order valence-electron chi connectivity index (χ1n) is 10.3. The number of hydrogen-bond acceptors (Lipinski definition) is 5. The van der Waals surface area contributed by atoms with E-state index in [1.807, 2.05) is 0 Å². The van der Waals surface area contributed by atoms with Gasteiger partial charge in [-0.1, -0.05) is 18.2 Å². The van der Waals surface area contributed by atoms with Gasteiger partial charge in [-0.3, -0.25) is 9.59 Å². The number of allylic oxidation sites excluding steroid dienone is 1. The highest BCUT2D eigenvalue weighted by Crippen LogP contribution is 2.38. The summed E-state index contributed by atoms with van der Waals surface area (Å²) in [7, 11) is 2.98. The number of carbonyl (C=O) groups is 2. The van der Waals surface area contributed by atoms with E-state index in [2.05, 4.69) is 5.32 Å². The Balaban J connectivity index is 1.81. The second kappa shape index (κ2) is 10.4. The molecule has 0 aliphatic heterocycles. The summed E-state index contributed by atoms with van der Waals surface area (Å²) in [4.78, 5) is 25.2. The van der Waals surface area contributed by atoms with Gasteiger partial charge >= 0.3 is 5.97 Å². The third kappa shape index (κ3) is 5.30. The Bertz CT molecular complexity index is 1050. The summed E-state index contributed by atoms with van der Waals surface area (Å²) in [6.07, 6.45) is 3.68. The van der Waals surface area contributed by atoms with Crippen LogP contribution in [-0.2, 0) is 9.53 Å². The molecule has 0 spiro atoms. The molecule has 1 N–H and O–H groups in total. The first-order chi connectivity index (χ1) is 15.8. The Morgan fingerprint density at radius 1 is 1.03 bits per heavy atom. The lowest BCUT2D eigenvalue weighted by Gasteiger charge is -2.23. The largest absolute Gasteiger partial charge is 0.493 e. The normalized spacial score (nSPS) is 18.0. The number of methoxy groups -OCH3 is 2. The maximum Gasteiger partial charge on any atom is 0.314 e. The number of rotatable bonds is 8. The second-order valence-electron chi connectivity index (χ2n) is 7.45. The molecule has 2 aromatic carbocycles. The lowest BCUT2D eigenvalue weighted by molar-refractivity contribution is -0.146. The molecule has 6 nitrogen and oxygen atoms in total. The number of amides is 1. The molecule has 33 heavy (non-hydrogen) atoms. The van der Waals surface area contributed by atoms with Crippen LogP contribution in [0.1, 0.15) is 35.2 Å². The summed E-state index contributed by atoms with van der Waals surface area (Å²) in [6, 6.07) is 5.38. The van der Waals surface area contributed by atoms with E-state index in [4.69, 9.17) is 14.2 Å². The summed E-state index contributed by atoms with van der Waals surface area (Å²) >= 11 is 0. The molecule has 2 aromatic rings. The predicted molar refractivity (Wildman–Crippen MR) is 114 cm³/mol. The van der Waals surface area contributed by atoms with Crippen LogP contribution in [0.15, 0.2) is 42.5 Å². The van der Waals surface area contributed by atoms with Gasteiger partial charge in [0.25, 0.3) is 5.91 Å². The van der Waals surface area contributed by atoms with E-state index in [1.165, 1.54) is 14.2 Å². The molecule has 0 radical (unpaired) electrons. The number of carbonyl (C=O) groups excluding carboxylic acids is 2. The number of esters is 1. The summed E-state index contributed by atoms with van der Waals surface area (Å²) in [5.41, 5.74) is -0.238. The van der Waals surface area contributed by atoms with Gasteiger partial charge in [0.1, 0.15) is 23.0 Å². The smallest absolute Gasteiger partial charge is 0.314 e. The number of halogens is 3. The fourth-order valence-electron chi connectivity index (χ4n) is 3.92. The minimum Gasteiger partial charge on any atom is -0.493 e. The van der Waals surface area contributed by atoms with Crippen molar-refractivity contribution in [2.75, 3.05) is 20.8 Å². The Morgan fingerprint density at radius 2 is 1.70 bits per heavy atom. The molecule has 3 atom stereocenters. The highest BCUT2D eigenvalue weighted by atomic mass is 19.1. The maximum atomic E-state index is 13.9. The van der Waals surface area contributed by atoms with E-state index in [9.17, 15) is 22.8 Å². The zero-order valence-corrected chi connectivity index (χ0v) is 18.4. The van der Waals surface area contributed by atoms with Gasteiger partial charge in [-0.05, 0) is 37.0 Å². The summed E-state index contributed by atoms with van der Waals surface area (Å²) in [5, 5.41) is 2.52.